The van der Waals surface area contributed by atoms with E-state index in [4.69, 9.17) is 5.11 Å². The van der Waals surface area contributed by atoms with E-state index >= 15 is 0 Å². The minimum absolute atomic E-state index is 0.00254. The van der Waals surface area contributed by atoms with Crippen LogP contribution in [-0.4, -0.2) is 28.1 Å². The predicted molar refractivity (Wildman–Crippen MR) is 72.7 cm³/mol. The maximum Gasteiger partial charge on any atom is 0.306 e. The number of ketones is 1. The number of rotatable bonds is 7. The average Bonchev–Trinajstić information content (AvgIpc) is 2.61. The van der Waals surface area contributed by atoms with Crippen LogP contribution in [0, 0.1) is 11.8 Å². The highest BCUT2D eigenvalue weighted by Crippen LogP contribution is 2.20. The van der Waals surface area contributed by atoms with E-state index in [9.17, 15) is 14.7 Å². The Balaban J connectivity index is 2.33. The van der Waals surface area contributed by atoms with Gasteiger partial charge >= 0.3 is 5.97 Å². The highest BCUT2D eigenvalue weighted by atomic mass is 16.4. The van der Waals surface area contributed by atoms with E-state index in [1.807, 2.05) is 26.0 Å². The standard InChI is InChI=1S/C15H22O4/c1-10(2)13(15(18)19)7-5-3-4-6-11-8-12(16)9-14(11)17/h3-4,8,10,12-13,16H,5-7,9H2,1-2H3,(H,18,19). The maximum absolute atomic E-state index is 11.4. The molecule has 2 N–H and O–H groups in total. The molecule has 1 aliphatic rings. The van der Waals surface area contributed by atoms with Crippen LogP contribution in [0.5, 0.6) is 0 Å². The summed E-state index contributed by atoms with van der Waals surface area (Å²) in [5.41, 5.74) is 0.655. The molecule has 0 aromatic heterocycles. The van der Waals surface area contributed by atoms with Gasteiger partial charge in [0, 0.05) is 6.42 Å². The third-order valence-electron chi connectivity index (χ3n) is 3.42. The Morgan fingerprint density at radius 3 is 2.63 bits per heavy atom. The second-order valence-electron chi connectivity index (χ2n) is 5.33. The summed E-state index contributed by atoms with van der Waals surface area (Å²) < 4.78 is 0. The fourth-order valence-electron chi connectivity index (χ4n) is 2.23. The molecule has 0 fully saturated rings. The van der Waals surface area contributed by atoms with Crippen molar-refractivity contribution in [2.75, 3.05) is 0 Å². The molecule has 0 heterocycles. The Morgan fingerprint density at radius 1 is 1.47 bits per heavy atom. The lowest BCUT2D eigenvalue weighted by molar-refractivity contribution is -0.143. The number of allylic oxidation sites excluding steroid dienone is 3. The van der Waals surface area contributed by atoms with E-state index < -0.39 is 12.1 Å². The second-order valence-corrected chi connectivity index (χ2v) is 5.33. The van der Waals surface area contributed by atoms with Gasteiger partial charge in [0.2, 0.25) is 0 Å². The summed E-state index contributed by atoms with van der Waals surface area (Å²) in [5.74, 6) is -0.943. The summed E-state index contributed by atoms with van der Waals surface area (Å²) in [7, 11) is 0. The molecule has 0 saturated carbocycles. The molecule has 2 unspecified atom stereocenters. The number of carbonyl (C=O) groups is 2. The molecule has 0 amide bonds. The number of aliphatic hydroxyl groups excluding tert-OH is 1. The molecule has 0 bridgehead atoms. The lowest BCUT2D eigenvalue weighted by Crippen LogP contribution is -2.19. The molecule has 4 heteroatoms. The van der Waals surface area contributed by atoms with Crippen LogP contribution in [0.4, 0.5) is 0 Å². The summed E-state index contributed by atoms with van der Waals surface area (Å²) in [4.78, 5) is 22.4. The van der Waals surface area contributed by atoms with E-state index in [0.717, 1.165) is 0 Å². The molecule has 4 nitrogen and oxygen atoms in total. The summed E-state index contributed by atoms with van der Waals surface area (Å²) in [6.45, 7) is 3.82. The van der Waals surface area contributed by atoms with E-state index in [1.165, 1.54) is 0 Å². The number of carboxylic acid groups (broad SMARTS) is 1. The first-order chi connectivity index (χ1) is 8.91. The van der Waals surface area contributed by atoms with Crippen LogP contribution in [0.2, 0.25) is 0 Å². The van der Waals surface area contributed by atoms with Gasteiger partial charge in [-0.15, -0.1) is 0 Å². The fraction of sp³-hybridized carbons (Fsp3) is 0.600. The zero-order valence-corrected chi connectivity index (χ0v) is 11.5. The zero-order valence-electron chi connectivity index (χ0n) is 11.5. The van der Waals surface area contributed by atoms with Crippen molar-refractivity contribution in [1.82, 2.24) is 0 Å². The van der Waals surface area contributed by atoms with Crippen molar-refractivity contribution in [3.63, 3.8) is 0 Å². The Labute approximate surface area is 113 Å². The number of Topliss-reactive ketones (excluding diaryl/α,β-unsaturated/α-hetero) is 1. The van der Waals surface area contributed by atoms with Crippen molar-refractivity contribution in [1.29, 1.82) is 0 Å². The number of hydrogen-bond donors (Lipinski definition) is 2. The molecule has 0 aromatic carbocycles. The van der Waals surface area contributed by atoms with Crippen molar-refractivity contribution in [3.05, 3.63) is 23.8 Å². The molecule has 0 saturated heterocycles. The quantitative estimate of drug-likeness (QED) is 0.693. The smallest absolute Gasteiger partial charge is 0.306 e. The zero-order chi connectivity index (χ0) is 14.4. The van der Waals surface area contributed by atoms with Gasteiger partial charge in [0.1, 0.15) is 0 Å². The molecule has 0 radical (unpaired) electrons. The molecule has 19 heavy (non-hydrogen) atoms. The van der Waals surface area contributed by atoms with Crippen molar-refractivity contribution in [3.8, 4) is 0 Å². The lowest BCUT2D eigenvalue weighted by Gasteiger charge is -2.14. The topological polar surface area (TPSA) is 74.6 Å². The third kappa shape index (κ3) is 4.99. The number of carbonyl (C=O) groups excluding carboxylic acids is 1. The lowest BCUT2D eigenvalue weighted by atomic mass is 9.91. The molecular weight excluding hydrogens is 244 g/mol. The van der Waals surface area contributed by atoms with Gasteiger partial charge < -0.3 is 10.2 Å². The van der Waals surface area contributed by atoms with Gasteiger partial charge in [-0.05, 0) is 36.8 Å². The number of hydrogen-bond acceptors (Lipinski definition) is 3. The Morgan fingerprint density at radius 2 is 2.16 bits per heavy atom. The molecule has 0 aliphatic heterocycles. The Hall–Kier alpha value is -1.42. The van der Waals surface area contributed by atoms with Gasteiger partial charge in [-0.1, -0.05) is 26.0 Å². The maximum atomic E-state index is 11.4. The fourth-order valence-corrected chi connectivity index (χ4v) is 2.23. The number of aliphatic carboxylic acids is 1. The van der Waals surface area contributed by atoms with Crippen molar-refractivity contribution in [2.45, 2.75) is 45.6 Å². The second kappa shape index (κ2) is 7.24. The molecule has 2 atom stereocenters. The van der Waals surface area contributed by atoms with Crippen LogP contribution in [0.1, 0.15) is 39.5 Å². The van der Waals surface area contributed by atoms with E-state index in [0.29, 0.717) is 24.8 Å². The van der Waals surface area contributed by atoms with Gasteiger partial charge in [0.05, 0.1) is 12.0 Å². The first-order valence-corrected chi connectivity index (χ1v) is 6.71. The predicted octanol–water partition coefficient (Wildman–Crippen LogP) is 2.33. The Kier molecular flexibility index (Phi) is 5.96. The van der Waals surface area contributed by atoms with Crippen molar-refractivity contribution >= 4 is 11.8 Å². The highest BCUT2D eigenvalue weighted by molar-refractivity contribution is 5.98. The highest BCUT2D eigenvalue weighted by Gasteiger charge is 2.21. The van der Waals surface area contributed by atoms with E-state index in [2.05, 4.69) is 0 Å². The van der Waals surface area contributed by atoms with E-state index in [1.54, 1.807) is 6.08 Å². The summed E-state index contributed by atoms with van der Waals surface area (Å²) in [5, 5.41) is 18.3. The first-order valence-electron chi connectivity index (χ1n) is 6.71. The summed E-state index contributed by atoms with van der Waals surface area (Å²) in [6.07, 6.45) is 6.78. The van der Waals surface area contributed by atoms with Crippen LogP contribution in [0.25, 0.3) is 0 Å². The third-order valence-corrected chi connectivity index (χ3v) is 3.42. The minimum atomic E-state index is -0.750. The first kappa shape index (κ1) is 15.6. The average molecular weight is 266 g/mol. The molecule has 106 valence electrons. The van der Waals surface area contributed by atoms with Gasteiger partial charge in [-0.2, -0.15) is 0 Å². The van der Waals surface area contributed by atoms with Crippen molar-refractivity contribution < 1.29 is 19.8 Å². The van der Waals surface area contributed by atoms with Crippen LogP contribution in [-0.2, 0) is 9.59 Å². The van der Waals surface area contributed by atoms with Crippen molar-refractivity contribution in [2.24, 2.45) is 11.8 Å². The molecule has 0 aromatic rings. The minimum Gasteiger partial charge on any atom is -0.481 e. The summed E-state index contributed by atoms with van der Waals surface area (Å²) in [6, 6.07) is 0. The van der Waals surface area contributed by atoms with Crippen LogP contribution in [0.15, 0.2) is 23.8 Å². The largest absolute Gasteiger partial charge is 0.481 e. The van der Waals surface area contributed by atoms with Gasteiger partial charge in [-0.3, -0.25) is 9.59 Å². The normalized spacial score (nSPS) is 21.2. The van der Waals surface area contributed by atoms with Crippen LogP contribution < -0.4 is 0 Å². The number of carboxylic acids is 1. The Bertz CT molecular complexity index is 393. The summed E-state index contributed by atoms with van der Waals surface area (Å²) >= 11 is 0. The SMILES string of the molecule is CC(C)C(CCC=CCC1=CC(O)CC1=O)C(=O)O. The van der Waals surface area contributed by atoms with Gasteiger partial charge in [-0.25, -0.2) is 0 Å². The molecule has 1 rings (SSSR count). The van der Waals surface area contributed by atoms with Crippen LogP contribution >= 0.6 is 0 Å². The van der Waals surface area contributed by atoms with E-state index in [-0.39, 0.29) is 24.0 Å². The molecular formula is C15H22O4. The number of aliphatic hydroxyl groups is 1. The monoisotopic (exact) mass is 266 g/mol. The molecule has 0 spiro atoms. The molecule has 1 aliphatic carbocycles. The van der Waals surface area contributed by atoms with Gasteiger partial charge in [0.25, 0.3) is 0 Å². The van der Waals surface area contributed by atoms with Gasteiger partial charge in [0.15, 0.2) is 5.78 Å². The van der Waals surface area contributed by atoms with Crippen LogP contribution in [0.3, 0.4) is 0 Å².